The highest BCUT2D eigenvalue weighted by Gasteiger charge is 2.24. The predicted molar refractivity (Wildman–Crippen MR) is 47.1 cm³/mol. The van der Waals surface area contributed by atoms with Gasteiger partial charge in [-0.15, -0.1) is 11.3 Å². The molecule has 2 unspecified atom stereocenters. The molecule has 60 valence electrons. The first kappa shape index (κ1) is 7.32. The molecule has 1 aliphatic rings. The van der Waals surface area contributed by atoms with Crippen molar-refractivity contribution < 1.29 is 5.11 Å². The standard InChI is InChI=1S/C9H12OS/c1-6-8(10)3-2-7-4-5-11-9(6)7/h4-6,8,10H,2-3H2,1H3. The normalized spacial score (nSPS) is 30.0. The van der Waals surface area contributed by atoms with Crippen LogP contribution in [0.1, 0.15) is 29.7 Å². The average Bonchev–Trinajstić information content (AvgIpc) is 2.45. The lowest BCUT2D eigenvalue weighted by Crippen LogP contribution is -2.21. The molecule has 1 heterocycles. The monoisotopic (exact) mass is 168 g/mol. The molecule has 1 aromatic heterocycles. The molecule has 0 saturated heterocycles. The van der Waals surface area contributed by atoms with Crippen molar-refractivity contribution in [2.75, 3.05) is 0 Å². The fourth-order valence-electron chi connectivity index (χ4n) is 1.68. The van der Waals surface area contributed by atoms with Crippen LogP contribution in [0.2, 0.25) is 0 Å². The minimum Gasteiger partial charge on any atom is -0.392 e. The number of fused-ring (bicyclic) bond motifs is 1. The number of rotatable bonds is 0. The third-order valence-electron chi connectivity index (χ3n) is 2.48. The Bertz CT molecular complexity index is 254. The van der Waals surface area contributed by atoms with E-state index in [4.69, 9.17) is 0 Å². The number of aryl methyl sites for hydroxylation is 1. The van der Waals surface area contributed by atoms with Crippen LogP contribution < -0.4 is 0 Å². The van der Waals surface area contributed by atoms with Crippen molar-refractivity contribution in [2.45, 2.75) is 31.8 Å². The molecule has 1 aromatic rings. The van der Waals surface area contributed by atoms with Crippen molar-refractivity contribution in [2.24, 2.45) is 0 Å². The van der Waals surface area contributed by atoms with E-state index in [2.05, 4.69) is 18.4 Å². The summed E-state index contributed by atoms with van der Waals surface area (Å²) in [4.78, 5) is 1.39. The Kier molecular flexibility index (Phi) is 1.74. The average molecular weight is 168 g/mol. The van der Waals surface area contributed by atoms with Crippen molar-refractivity contribution in [3.63, 3.8) is 0 Å². The van der Waals surface area contributed by atoms with Crippen LogP contribution in [0.5, 0.6) is 0 Å². The van der Waals surface area contributed by atoms with Crippen LogP contribution in [0.15, 0.2) is 11.4 Å². The van der Waals surface area contributed by atoms with Gasteiger partial charge >= 0.3 is 0 Å². The van der Waals surface area contributed by atoms with Gasteiger partial charge in [0.25, 0.3) is 0 Å². The highest BCUT2D eigenvalue weighted by atomic mass is 32.1. The van der Waals surface area contributed by atoms with Gasteiger partial charge in [0.15, 0.2) is 0 Å². The van der Waals surface area contributed by atoms with Gasteiger partial charge in [-0.05, 0) is 29.9 Å². The summed E-state index contributed by atoms with van der Waals surface area (Å²) in [6, 6.07) is 2.18. The van der Waals surface area contributed by atoms with E-state index in [1.54, 1.807) is 11.3 Å². The zero-order valence-electron chi connectivity index (χ0n) is 6.58. The second kappa shape index (κ2) is 2.61. The minimum absolute atomic E-state index is 0.110. The topological polar surface area (TPSA) is 20.2 Å². The molecule has 2 atom stereocenters. The first-order chi connectivity index (χ1) is 5.29. The fraction of sp³-hybridized carbons (Fsp3) is 0.556. The maximum absolute atomic E-state index is 9.55. The molecule has 2 heteroatoms. The van der Waals surface area contributed by atoms with Gasteiger partial charge in [-0.3, -0.25) is 0 Å². The second-order valence-corrected chi connectivity index (χ2v) is 4.15. The summed E-state index contributed by atoms with van der Waals surface area (Å²) in [7, 11) is 0. The van der Waals surface area contributed by atoms with Gasteiger partial charge in [-0.25, -0.2) is 0 Å². The molecule has 0 bridgehead atoms. The smallest absolute Gasteiger partial charge is 0.0617 e. The van der Waals surface area contributed by atoms with Crippen molar-refractivity contribution in [3.05, 3.63) is 21.9 Å². The Morgan fingerprint density at radius 2 is 2.45 bits per heavy atom. The van der Waals surface area contributed by atoms with Gasteiger partial charge in [-0.1, -0.05) is 6.92 Å². The van der Waals surface area contributed by atoms with E-state index in [1.807, 2.05) is 0 Å². The molecule has 1 aliphatic carbocycles. The Labute approximate surface area is 70.7 Å². The third kappa shape index (κ3) is 1.10. The summed E-state index contributed by atoms with van der Waals surface area (Å²) >= 11 is 1.78. The van der Waals surface area contributed by atoms with Crippen molar-refractivity contribution in [1.29, 1.82) is 0 Å². The molecule has 11 heavy (non-hydrogen) atoms. The van der Waals surface area contributed by atoms with Crippen LogP contribution in [0, 0.1) is 0 Å². The number of hydrogen-bond donors (Lipinski definition) is 1. The lowest BCUT2D eigenvalue weighted by Gasteiger charge is -2.24. The van der Waals surface area contributed by atoms with Gasteiger partial charge in [-0.2, -0.15) is 0 Å². The molecule has 0 amide bonds. The first-order valence-electron chi connectivity index (χ1n) is 4.03. The number of aliphatic hydroxyl groups excluding tert-OH is 1. The quantitative estimate of drug-likeness (QED) is 0.629. The lowest BCUT2D eigenvalue weighted by atomic mass is 9.88. The SMILES string of the molecule is CC1c2sccc2CCC1O. The molecule has 1 nitrogen and oxygen atoms in total. The molecule has 0 spiro atoms. The Hall–Kier alpha value is -0.340. The summed E-state index contributed by atoms with van der Waals surface area (Å²) in [5, 5.41) is 11.7. The van der Waals surface area contributed by atoms with Crippen molar-refractivity contribution in [3.8, 4) is 0 Å². The number of aliphatic hydroxyl groups is 1. The Morgan fingerprint density at radius 1 is 1.64 bits per heavy atom. The molecular weight excluding hydrogens is 156 g/mol. The summed E-state index contributed by atoms with van der Waals surface area (Å²) in [5.41, 5.74) is 1.45. The van der Waals surface area contributed by atoms with Gasteiger partial charge < -0.3 is 5.11 Å². The minimum atomic E-state index is -0.110. The highest BCUT2D eigenvalue weighted by molar-refractivity contribution is 7.10. The van der Waals surface area contributed by atoms with Crippen molar-refractivity contribution in [1.82, 2.24) is 0 Å². The summed E-state index contributed by atoms with van der Waals surface area (Å²) in [5.74, 6) is 0.360. The summed E-state index contributed by atoms with van der Waals surface area (Å²) in [6.45, 7) is 2.11. The number of hydrogen-bond acceptors (Lipinski definition) is 2. The molecular formula is C9H12OS. The van der Waals surface area contributed by atoms with E-state index in [0.29, 0.717) is 5.92 Å². The van der Waals surface area contributed by atoms with Gasteiger partial charge in [0, 0.05) is 10.8 Å². The van der Waals surface area contributed by atoms with Crippen LogP contribution in [-0.4, -0.2) is 11.2 Å². The van der Waals surface area contributed by atoms with Crippen LogP contribution in [0.25, 0.3) is 0 Å². The molecule has 0 saturated carbocycles. The summed E-state index contributed by atoms with van der Waals surface area (Å²) < 4.78 is 0. The van der Waals surface area contributed by atoms with Crippen LogP contribution >= 0.6 is 11.3 Å². The molecule has 1 N–H and O–H groups in total. The van der Waals surface area contributed by atoms with E-state index < -0.39 is 0 Å². The van der Waals surface area contributed by atoms with Crippen molar-refractivity contribution >= 4 is 11.3 Å². The fourth-order valence-corrected chi connectivity index (χ4v) is 2.75. The Balaban J connectivity index is 2.38. The lowest BCUT2D eigenvalue weighted by molar-refractivity contribution is 0.134. The Morgan fingerprint density at radius 3 is 3.27 bits per heavy atom. The predicted octanol–water partition coefficient (Wildman–Crippen LogP) is 2.16. The maximum atomic E-state index is 9.55. The zero-order valence-corrected chi connectivity index (χ0v) is 7.40. The van der Waals surface area contributed by atoms with E-state index >= 15 is 0 Å². The molecule has 0 aliphatic heterocycles. The van der Waals surface area contributed by atoms with E-state index in [-0.39, 0.29) is 6.10 Å². The zero-order chi connectivity index (χ0) is 7.84. The third-order valence-corrected chi connectivity index (χ3v) is 3.64. The largest absolute Gasteiger partial charge is 0.392 e. The maximum Gasteiger partial charge on any atom is 0.0617 e. The highest BCUT2D eigenvalue weighted by Crippen LogP contribution is 2.34. The van der Waals surface area contributed by atoms with Crippen LogP contribution in [-0.2, 0) is 6.42 Å². The molecule has 0 aromatic carbocycles. The molecule has 0 radical (unpaired) electrons. The van der Waals surface area contributed by atoms with E-state index in [1.165, 1.54) is 10.4 Å². The summed E-state index contributed by atoms with van der Waals surface area (Å²) in [6.07, 6.45) is 1.89. The van der Waals surface area contributed by atoms with E-state index in [9.17, 15) is 5.11 Å². The second-order valence-electron chi connectivity index (χ2n) is 3.20. The molecule has 2 rings (SSSR count). The van der Waals surface area contributed by atoms with Gasteiger partial charge in [0.1, 0.15) is 0 Å². The van der Waals surface area contributed by atoms with Gasteiger partial charge in [0.05, 0.1) is 6.10 Å². The molecule has 0 fully saturated rings. The van der Waals surface area contributed by atoms with E-state index in [0.717, 1.165) is 12.8 Å². The van der Waals surface area contributed by atoms with Crippen LogP contribution in [0.4, 0.5) is 0 Å². The van der Waals surface area contributed by atoms with Crippen LogP contribution in [0.3, 0.4) is 0 Å². The van der Waals surface area contributed by atoms with Gasteiger partial charge in [0.2, 0.25) is 0 Å². The first-order valence-corrected chi connectivity index (χ1v) is 4.91. The number of thiophene rings is 1.